The molecule has 0 radical (unpaired) electrons. The molecular weight excluding hydrogens is 342 g/mol. The van der Waals surface area contributed by atoms with Crippen molar-refractivity contribution in [3.05, 3.63) is 52.6 Å². The molecule has 2 aromatic rings. The number of aromatic carboxylic acids is 1. The number of anilines is 1. The molecule has 2 N–H and O–H groups in total. The zero-order valence-corrected chi connectivity index (χ0v) is 15.4. The number of sulfonamides is 1. The molecule has 6 nitrogen and oxygen atoms in total. The van der Waals surface area contributed by atoms with Gasteiger partial charge >= 0.3 is 5.97 Å². The number of nitrogens with one attached hydrogen (secondary N) is 1. The molecule has 0 aliphatic rings. The highest BCUT2D eigenvalue weighted by Crippen LogP contribution is 2.28. The molecule has 0 spiro atoms. The largest absolute Gasteiger partial charge is 0.497 e. The highest BCUT2D eigenvalue weighted by molar-refractivity contribution is 7.92. The number of hydrogen-bond donors (Lipinski definition) is 2. The standard InChI is InChI=1S/C18H21NO5S/c1-5-13-10-14(24-4)6-7-16(13)25(22,23)19-17-12(3)8-11(2)9-15(17)18(20)21/h6-10,19H,5H2,1-4H3,(H,20,21). The Morgan fingerprint density at radius 2 is 1.88 bits per heavy atom. The highest BCUT2D eigenvalue weighted by atomic mass is 32.2. The first-order valence-electron chi connectivity index (χ1n) is 7.74. The molecule has 0 heterocycles. The number of hydrogen-bond acceptors (Lipinski definition) is 4. The van der Waals surface area contributed by atoms with Crippen LogP contribution in [0.3, 0.4) is 0 Å². The minimum absolute atomic E-state index is 0.0763. The SMILES string of the molecule is CCc1cc(OC)ccc1S(=O)(=O)Nc1c(C)cc(C)cc1C(=O)O. The Morgan fingerprint density at radius 3 is 2.44 bits per heavy atom. The lowest BCUT2D eigenvalue weighted by Gasteiger charge is -2.16. The summed E-state index contributed by atoms with van der Waals surface area (Å²) in [5, 5.41) is 9.40. The predicted octanol–water partition coefficient (Wildman–Crippen LogP) is 3.37. The van der Waals surface area contributed by atoms with Gasteiger partial charge in [0.25, 0.3) is 10.0 Å². The minimum atomic E-state index is -3.94. The lowest BCUT2D eigenvalue weighted by Crippen LogP contribution is -2.18. The Hall–Kier alpha value is -2.54. The summed E-state index contributed by atoms with van der Waals surface area (Å²) in [6.07, 6.45) is 0.492. The van der Waals surface area contributed by atoms with Crippen molar-refractivity contribution in [2.75, 3.05) is 11.8 Å². The number of methoxy groups -OCH3 is 1. The third-order valence-corrected chi connectivity index (χ3v) is 5.33. The van der Waals surface area contributed by atoms with Crippen molar-refractivity contribution >= 4 is 21.7 Å². The molecule has 0 saturated carbocycles. The van der Waals surface area contributed by atoms with E-state index < -0.39 is 16.0 Å². The van der Waals surface area contributed by atoms with E-state index in [4.69, 9.17) is 4.74 Å². The molecule has 0 fully saturated rings. The summed E-state index contributed by atoms with van der Waals surface area (Å²) in [6.45, 7) is 5.27. The van der Waals surface area contributed by atoms with Gasteiger partial charge in [0, 0.05) is 0 Å². The smallest absolute Gasteiger partial charge is 0.337 e. The number of ether oxygens (including phenoxy) is 1. The van der Waals surface area contributed by atoms with E-state index in [1.54, 1.807) is 32.0 Å². The van der Waals surface area contributed by atoms with E-state index in [9.17, 15) is 18.3 Å². The summed E-state index contributed by atoms with van der Waals surface area (Å²) >= 11 is 0. The number of aryl methyl sites for hydroxylation is 3. The number of benzene rings is 2. The first-order chi connectivity index (χ1) is 11.7. The topological polar surface area (TPSA) is 92.7 Å². The molecule has 0 unspecified atom stereocenters. The van der Waals surface area contributed by atoms with E-state index in [0.29, 0.717) is 23.3 Å². The van der Waals surface area contributed by atoms with Gasteiger partial charge in [-0.2, -0.15) is 0 Å². The molecule has 7 heteroatoms. The Morgan fingerprint density at radius 1 is 1.20 bits per heavy atom. The van der Waals surface area contributed by atoms with Crippen molar-refractivity contribution in [3.8, 4) is 5.75 Å². The van der Waals surface area contributed by atoms with Gasteiger partial charge in [-0.25, -0.2) is 13.2 Å². The first-order valence-corrected chi connectivity index (χ1v) is 9.22. The van der Waals surface area contributed by atoms with Gasteiger partial charge in [-0.15, -0.1) is 0 Å². The fraction of sp³-hybridized carbons (Fsp3) is 0.278. The van der Waals surface area contributed by atoms with Gasteiger partial charge in [0.2, 0.25) is 0 Å². The highest BCUT2D eigenvalue weighted by Gasteiger charge is 2.23. The fourth-order valence-electron chi connectivity index (χ4n) is 2.68. The third-order valence-electron chi connectivity index (χ3n) is 3.88. The first kappa shape index (κ1) is 18.8. The van der Waals surface area contributed by atoms with E-state index in [-0.39, 0.29) is 16.1 Å². The maximum absolute atomic E-state index is 12.8. The molecule has 25 heavy (non-hydrogen) atoms. The summed E-state index contributed by atoms with van der Waals surface area (Å²) in [7, 11) is -2.43. The lowest BCUT2D eigenvalue weighted by atomic mass is 10.0. The fourth-order valence-corrected chi connectivity index (χ4v) is 4.13. The van der Waals surface area contributed by atoms with E-state index in [0.717, 1.165) is 5.56 Å². The van der Waals surface area contributed by atoms with Crippen molar-refractivity contribution in [1.29, 1.82) is 0 Å². The van der Waals surface area contributed by atoms with Crippen LogP contribution < -0.4 is 9.46 Å². The number of carbonyl (C=O) groups is 1. The summed E-state index contributed by atoms with van der Waals surface area (Å²) in [5.74, 6) is -0.622. The Kier molecular flexibility index (Phi) is 5.37. The third kappa shape index (κ3) is 3.93. The van der Waals surface area contributed by atoms with Crippen molar-refractivity contribution in [1.82, 2.24) is 0 Å². The van der Waals surface area contributed by atoms with Gasteiger partial charge in [0.05, 0.1) is 23.3 Å². The van der Waals surface area contributed by atoms with Gasteiger partial charge in [0.15, 0.2) is 0 Å². The van der Waals surface area contributed by atoms with E-state index >= 15 is 0 Å². The van der Waals surface area contributed by atoms with Crippen LogP contribution in [-0.4, -0.2) is 26.6 Å². The molecule has 2 aromatic carbocycles. The van der Waals surface area contributed by atoms with Crippen LogP contribution in [0.5, 0.6) is 5.75 Å². The average molecular weight is 363 g/mol. The zero-order chi connectivity index (χ0) is 18.8. The van der Waals surface area contributed by atoms with Crippen LogP contribution in [0.4, 0.5) is 5.69 Å². The normalized spacial score (nSPS) is 11.2. The molecule has 0 aliphatic heterocycles. The van der Waals surface area contributed by atoms with Gasteiger partial charge in [-0.05, 0) is 61.2 Å². The second-order valence-electron chi connectivity index (χ2n) is 5.74. The van der Waals surface area contributed by atoms with Crippen molar-refractivity contribution < 1.29 is 23.1 Å². The predicted molar refractivity (Wildman–Crippen MR) is 96.1 cm³/mol. The van der Waals surface area contributed by atoms with Crippen LogP contribution in [0.25, 0.3) is 0 Å². The van der Waals surface area contributed by atoms with Crippen molar-refractivity contribution in [2.45, 2.75) is 32.1 Å². The monoisotopic (exact) mass is 363 g/mol. The average Bonchev–Trinajstić information content (AvgIpc) is 2.56. The molecule has 0 amide bonds. The van der Waals surface area contributed by atoms with Gasteiger partial charge in [-0.3, -0.25) is 4.72 Å². The van der Waals surface area contributed by atoms with Gasteiger partial charge < -0.3 is 9.84 Å². The Labute approximate surface area is 147 Å². The molecule has 0 aromatic heterocycles. The van der Waals surface area contributed by atoms with Gasteiger partial charge in [0.1, 0.15) is 5.75 Å². The second kappa shape index (κ2) is 7.14. The molecular formula is C18H21NO5S. The summed E-state index contributed by atoms with van der Waals surface area (Å²) in [6, 6.07) is 7.87. The van der Waals surface area contributed by atoms with Crippen LogP contribution in [0.1, 0.15) is 34.0 Å². The summed E-state index contributed by atoms with van der Waals surface area (Å²) in [4.78, 5) is 11.6. The molecule has 134 valence electrons. The Bertz CT molecular complexity index is 919. The molecule has 0 atom stereocenters. The summed E-state index contributed by atoms with van der Waals surface area (Å²) in [5.41, 5.74) is 1.89. The van der Waals surface area contributed by atoms with Crippen molar-refractivity contribution in [2.24, 2.45) is 0 Å². The van der Waals surface area contributed by atoms with Crippen molar-refractivity contribution in [3.63, 3.8) is 0 Å². The van der Waals surface area contributed by atoms with E-state index in [1.807, 2.05) is 6.92 Å². The van der Waals surface area contributed by atoms with Crippen LogP contribution in [0.2, 0.25) is 0 Å². The maximum Gasteiger partial charge on any atom is 0.337 e. The summed E-state index contributed by atoms with van der Waals surface area (Å²) < 4.78 is 33.3. The molecule has 0 bridgehead atoms. The zero-order valence-electron chi connectivity index (χ0n) is 14.6. The molecule has 2 rings (SSSR count). The molecule has 0 saturated heterocycles. The van der Waals surface area contributed by atoms with Crippen LogP contribution in [0, 0.1) is 13.8 Å². The van der Waals surface area contributed by atoms with Crippen LogP contribution in [0.15, 0.2) is 35.2 Å². The Balaban J connectivity index is 2.56. The maximum atomic E-state index is 12.8. The van der Waals surface area contributed by atoms with E-state index in [1.165, 1.54) is 19.2 Å². The number of carboxylic acids is 1. The number of carboxylic acid groups (broad SMARTS) is 1. The lowest BCUT2D eigenvalue weighted by molar-refractivity contribution is 0.0698. The van der Waals surface area contributed by atoms with Crippen LogP contribution in [-0.2, 0) is 16.4 Å². The second-order valence-corrected chi connectivity index (χ2v) is 7.39. The van der Waals surface area contributed by atoms with Gasteiger partial charge in [-0.1, -0.05) is 13.0 Å². The molecule has 0 aliphatic carbocycles. The quantitative estimate of drug-likeness (QED) is 0.821. The van der Waals surface area contributed by atoms with E-state index in [2.05, 4.69) is 4.72 Å². The van der Waals surface area contributed by atoms with Crippen LogP contribution >= 0.6 is 0 Å². The number of rotatable bonds is 6. The minimum Gasteiger partial charge on any atom is -0.497 e.